The molecule has 4 heterocycles. The van der Waals surface area contributed by atoms with Gasteiger partial charge in [-0.1, -0.05) is 42.9 Å². The third-order valence-corrected chi connectivity index (χ3v) is 8.28. The third kappa shape index (κ3) is 4.58. The SMILES string of the molecule is CCCCOc1ccc(C2/C(=C(\O)c3nc4c(C)cccn4c3C)C(=O)C(=O)N2c2nc(C)c(C(C)=O)s2)cc1. The van der Waals surface area contributed by atoms with Gasteiger partial charge in [-0.25, -0.2) is 9.97 Å². The van der Waals surface area contributed by atoms with Crippen LogP contribution in [0.2, 0.25) is 0 Å². The number of thiazole rings is 1. The van der Waals surface area contributed by atoms with Crippen LogP contribution in [0.1, 0.15) is 70.6 Å². The minimum atomic E-state index is -0.986. The van der Waals surface area contributed by atoms with Crippen molar-refractivity contribution in [3.05, 3.63) is 81.3 Å². The van der Waals surface area contributed by atoms with Crippen LogP contribution in [0.25, 0.3) is 11.4 Å². The Kier molecular flexibility index (Phi) is 7.29. The molecule has 40 heavy (non-hydrogen) atoms. The van der Waals surface area contributed by atoms with Gasteiger partial charge in [-0.3, -0.25) is 19.3 Å². The van der Waals surface area contributed by atoms with E-state index in [0.29, 0.717) is 39.8 Å². The number of aliphatic hydroxyl groups is 1. The van der Waals surface area contributed by atoms with Crippen LogP contribution >= 0.6 is 11.3 Å². The Hall–Kier alpha value is -4.31. The van der Waals surface area contributed by atoms with E-state index in [4.69, 9.17) is 4.74 Å². The first kappa shape index (κ1) is 27.3. The number of Topliss-reactive ketones (excluding diaryl/α,β-unsaturated/α-hetero) is 2. The quantitative estimate of drug-likeness (QED) is 0.0967. The minimum absolute atomic E-state index is 0.0916. The number of aliphatic hydroxyl groups excluding tert-OH is 1. The molecule has 0 bridgehead atoms. The zero-order chi connectivity index (χ0) is 28.7. The zero-order valence-electron chi connectivity index (χ0n) is 23.0. The number of carbonyl (C=O) groups excluding carboxylic acids is 3. The number of aryl methyl sites for hydroxylation is 3. The molecule has 0 saturated carbocycles. The molecular formula is C30H30N4O5S. The molecule has 1 aliphatic rings. The summed E-state index contributed by atoms with van der Waals surface area (Å²) in [6.45, 7) is 9.48. The Balaban J connectivity index is 1.69. The number of imidazole rings is 1. The van der Waals surface area contributed by atoms with Gasteiger partial charge in [-0.2, -0.15) is 0 Å². The van der Waals surface area contributed by atoms with Gasteiger partial charge in [-0.05, 0) is 56.5 Å². The Morgan fingerprint density at radius 2 is 1.82 bits per heavy atom. The number of carbonyl (C=O) groups is 3. The lowest BCUT2D eigenvalue weighted by atomic mass is 9.96. The van der Waals surface area contributed by atoms with E-state index in [0.717, 1.165) is 29.7 Å². The van der Waals surface area contributed by atoms with Crippen LogP contribution in [0.4, 0.5) is 5.13 Å². The molecule has 0 radical (unpaired) electrons. The van der Waals surface area contributed by atoms with E-state index in [1.54, 1.807) is 38.1 Å². The van der Waals surface area contributed by atoms with E-state index in [-0.39, 0.29) is 27.9 Å². The van der Waals surface area contributed by atoms with E-state index >= 15 is 0 Å². The monoisotopic (exact) mass is 558 g/mol. The van der Waals surface area contributed by atoms with E-state index in [1.165, 1.54) is 11.8 Å². The number of hydrogen-bond donors (Lipinski definition) is 1. The van der Waals surface area contributed by atoms with Crippen molar-refractivity contribution < 1.29 is 24.2 Å². The van der Waals surface area contributed by atoms with Crippen molar-refractivity contribution in [3.8, 4) is 5.75 Å². The summed E-state index contributed by atoms with van der Waals surface area (Å²) in [5, 5.41) is 11.8. The van der Waals surface area contributed by atoms with E-state index in [2.05, 4.69) is 16.9 Å². The number of aromatic nitrogens is 3. The van der Waals surface area contributed by atoms with Gasteiger partial charge in [0.1, 0.15) is 17.1 Å². The number of anilines is 1. The maximum absolute atomic E-state index is 13.6. The van der Waals surface area contributed by atoms with Crippen LogP contribution in [0.15, 0.2) is 48.2 Å². The highest BCUT2D eigenvalue weighted by Crippen LogP contribution is 2.44. The Morgan fingerprint density at radius 3 is 2.45 bits per heavy atom. The molecule has 10 heteroatoms. The average molecular weight is 559 g/mol. The number of hydrogen-bond acceptors (Lipinski definition) is 8. The fourth-order valence-electron chi connectivity index (χ4n) is 4.91. The maximum atomic E-state index is 13.6. The van der Waals surface area contributed by atoms with Crippen LogP contribution in [-0.4, -0.2) is 43.6 Å². The predicted octanol–water partition coefficient (Wildman–Crippen LogP) is 5.72. The molecule has 1 unspecified atom stereocenters. The summed E-state index contributed by atoms with van der Waals surface area (Å²) >= 11 is 1.05. The second-order valence-corrected chi connectivity index (χ2v) is 10.8. The molecule has 1 fully saturated rings. The molecule has 5 rings (SSSR count). The molecule has 0 spiro atoms. The topological polar surface area (TPSA) is 114 Å². The predicted molar refractivity (Wildman–Crippen MR) is 153 cm³/mol. The number of nitrogens with zero attached hydrogens (tertiary/aromatic N) is 4. The summed E-state index contributed by atoms with van der Waals surface area (Å²) in [4.78, 5) is 50.1. The number of ether oxygens (including phenoxy) is 1. The number of rotatable bonds is 8. The molecule has 1 N–H and O–H groups in total. The van der Waals surface area contributed by atoms with Gasteiger partial charge in [0.15, 0.2) is 16.7 Å². The van der Waals surface area contributed by atoms with Gasteiger partial charge in [-0.15, -0.1) is 0 Å². The van der Waals surface area contributed by atoms with Crippen molar-refractivity contribution >= 4 is 45.3 Å². The second-order valence-electron chi connectivity index (χ2n) is 9.84. The standard InChI is InChI=1S/C30H30N4O5S/c1-6-7-15-39-21-12-10-20(11-13-21)24-22(25(36)23-18(4)33-14-8-9-16(2)28(33)32-23)26(37)29(38)34(24)30-31-17(3)27(40-30)19(5)35/h8-14,24,36H,6-7,15H2,1-5H3/b25-22+. The van der Waals surface area contributed by atoms with Crippen LogP contribution < -0.4 is 9.64 Å². The van der Waals surface area contributed by atoms with Crippen molar-refractivity contribution in [2.45, 2.75) is 53.5 Å². The lowest BCUT2D eigenvalue weighted by molar-refractivity contribution is -0.132. The number of pyridine rings is 1. The number of ketones is 2. The van der Waals surface area contributed by atoms with Gasteiger partial charge in [0, 0.05) is 13.1 Å². The molecule has 1 atom stereocenters. The maximum Gasteiger partial charge on any atom is 0.301 e. The highest BCUT2D eigenvalue weighted by Gasteiger charge is 2.48. The molecule has 0 aliphatic carbocycles. The zero-order valence-corrected chi connectivity index (χ0v) is 23.8. The van der Waals surface area contributed by atoms with E-state index < -0.39 is 17.7 Å². The Morgan fingerprint density at radius 1 is 1.10 bits per heavy atom. The van der Waals surface area contributed by atoms with Crippen LogP contribution in [0.3, 0.4) is 0 Å². The molecule has 3 aromatic heterocycles. The Labute approximate surface area is 235 Å². The highest BCUT2D eigenvalue weighted by atomic mass is 32.1. The second kappa shape index (κ2) is 10.7. The number of benzene rings is 1. The van der Waals surface area contributed by atoms with Crippen molar-refractivity contribution in [3.63, 3.8) is 0 Å². The molecule has 1 aromatic carbocycles. The Bertz CT molecular complexity index is 1680. The molecular weight excluding hydrogens is 528 g/mol. The summed E-state index contributed by atoms with van der Waals surface area (Å²) in [6.07, 6.45) is 3.75. The molecule has 1 amide bonds. The van der Waals surface area contributed by atoms with E-state index in [1.807, 2.05) is 29.7 Å². The van der Waals surface area contributed by atoms with Gasteiger partial charge < -0.3 is 14.2 Å². The molecule has 1 saturated heterocycles. The lowest BCUT2D eigenvalue weighted by Gasteiger charge is -2.23. The summed E-state index contributed by atoms with van der Waals surface area (Å²) in [5.74, 6) is -1.58. The number of unbranched alkanes of at least 4 members (excludes halogenated alkanes) is 1. The summed E-state index contributed by atoms with van der Waals surface area (Å²) in [5.41, 5.74) is 3.35. The van der Waals surface area contributed by atoms with Crippen LogP contribution in [-0.2, 0) is 9.59 Å². The summed E-state index contributed by atoms with van der Waals surface area (Å²) < 4.78 is 7.63. The average Bonchev–Trinajstić information content (AvgIpc) is 3.56. The first-order valence-corrected chi connectivity index (χ1v) is 13.9. The van der Waals surface area contributed by atoms with Gasteiger partial charge >= 0.3 is 5.91 Å². The summed E-state index contributed by atoms with van der Waals surface area (Å²) in [6, 6.07) is 9.89. The smallest absolute Gasteiger partial charge is 0.301 e. The first-order valence-electron chi connectivity index (χ1n) is 13.1. The fourth-order valence-corrected chi connectivity index (χ4v) is 5.90. The normalized spacial score (nSPS) is 16.7. The van der Waals surface area contributed by atoms with E-state index in [9.17, 15) is 19.5 Å². The molecule has 4 aromatic rings. The van der Waals surface area contributed by atoms with Crippen molar-refractivity contribution in [1.29, 1.82) is 0 Å². The largest absolute Gasteiger partial charge is 0.505 e. The minimum Gasteiger partial charge on any atom is -0.505 e. The number of fused-ring (bicyclic) bond motifs is 1. The lowest BCUT2D eigenvalue weighted by Crippen LogP contribution is -2.29. The first-order chi connectivity index (χ1) is 19.1. The highest BCUT2D eigenvalue weighted by molar-refractivity contribution is 7.18. The molecule has 206 valence electrons. The third-order valence-electron chi connectivity index (χ3n) is 7.03. The fraction of sp³-hybridized carbons (Fsp3) is 0.300. The van der Waals surface area contributed by atoms with Crippen LogP contribution in [0, 0.1) is 20.8 Å². The van der Waals surface area contributed by atoms with Gasteiger partial charge in [0.2, 0.25) is 0 Å². The number of amides is 1. The van der Waals surface area contributed by atoms with Crippen LogP contribution in [0.5, 0.6) is 5.75 Å². The molecule has 1 aliphatic heterocycles. The van der Waals surface area contributed by atoms with Crippen molar-refractivity contribution in [2.24, 2.45) is 0 Å². The summed E-state index contributed by atoms with van der Waals surface area (Å²) in [7, 11) is 0. The van der Waals surface area contributed by atoms with Gasteiger partial charge in [0.25, 0.3) is 5.78 Å². The van der Waals surface area contributed by atoms with Gasteiger partial charge in [0.05, 0.1) is 34.5 Å². The van der Waals surface area contributed by atoms with Crippen molar-refractivity contribution in [1.82, 2.24) is 14.4 Å². The van der Waals surface area contributed by atoms with Crippen molar-refractivity contribution in [2.75, 3.05) is 11.5 Å². The molecule has 9 nitrogen and oxygen atoms in total.